The SMILES string of the molecule is O=C([C@@H]1C[C@H](Oc2cccnc2)CN1C(=O)Cc1cccc(F)c1)N1CCCC1. The van der Waals surface area contributed by atoms with Crippen LogP contribution in [0.15, 0.2) is 48.8 Å². The van der Waals surface area contributed by atoms with Crippen molar-refractivity contribution in [2.75, 3.05) is 19.6 Å². The number of ether oxygens (including phenoxy) is 1. The van der Waals surface area contributed by atoms with Crippen molar-refractivity contribution in [2.24, 2.45) is 0 Å². The number of likely N-dealkylation sites (tertiary alicyclic amines) is 2. The van der Waals surface area contributed by atoms with Crippen LogP contribution in [-0.2, 0) is 16.0 Å². The topological polar surface area (TPSA) is 62.7 Å². The van der Waals surface area contributed by atoms with Crippen molar-refractivity contribution < 1.29 is 18.7 Å². The molecule has 0 unspecified atom stereocenters. The Kier molecular flexibility index (Phi) is 5.74. The third-order valence-electron chi connectivity index (χ3n) is 5.47. The number of halogens is 1. The second-order valence-corrected chi connectivity index (χ2v) is 7.57. The Labute approximate surface area is 169 Å². The minimum Gasteiger partial charge on any atom is -0.487 e. The maximum absolute atomic E-state index is 13.5. The Morgan fingerprint density at radius 1 is 1.17 bits per heavy atom. The summed E-state index contributed by atoms with van der Waals surface area (Å²) < 4.78 is 19.5. The number of benzene rings is 1. The molecular weight excluding hydrogens is 373 g/mol. The molecule has 2 fully saturated rings. The molecule has 3 heterocycles. The lowest BCUT2D eigenvalue weighted by molar-refractivity contribution is -0.142. The Morgan fingerprint density at radius 2 is 2.00 bits per heavy atom. The highest BCUT2D eigenvalue weighted by Gasteiger charge is 2.42. The zero-order chi connectivity index (χ0) is 20.2. The highest BCUT2D eigenvalue weighted by atomic mass is 19.1. The molecule has 2 atom stereocenters. The maximum Gasteiger partial charge on any atom is 0.245 e. The molecule has 0 bridgehead atoms. The molecule has 0 radical (unpaired) electrons. The lowest BCUT2D eigenvalue weighted by atomic mass is 10.1. The quantitative estimate of drug-likeness (QED) is 0.778. The van der Waals surface area contributed by atoms with Crippen LogP contribution in [-0.4, -0.2) is 58.4 Å². The number of aromatic nitrogens is 1. The Morgan fingerprint density at radius 3 is 2.72 bits per heavy atom. The summed E-state index contributed by atoms with van der Waals surface area (Å²) in [6.07, 6.45) is 5.48. The van der Waals surface area contributed by atoms with E-state index in [4.69, 9.17) is 4.74 Å². The summed E-state index contributed by atoms with van der Waals surface area (Å²) in [4.78, 5) is 33.6. The molecule has 152 valence electrons. The number of carbonyl (C=O) groups excluding carboxylic acids is 2. The van der Waals surface area contributed by atoms with E-state index in [-0.39, 0.29) is 30.2 Å². The number of hydrogen-bond acceptors (Lipinski definition) is 4. The number of hydrogen-bond donors (Lipinski definition) is 0. The van der Waals surface area contributed by atoms with E-state index in [0.29, 0.717) is 24.3 Å². The molecule has 7 heteroatoms. The predicted octanol–water partition coefficient (Wildman–Crippen LogP) is 2.43. The summed E-state index contributed by atoms with van der Waals surface area (Å²) in [5, 5.41) is 0. The summed E-state index contributed by atoms with van der Waals surface area (Å²) in [5.74, 6) is 0.0290. The molecule has 2 aromatic rings. The van der Waals surface area contributed by atoms with Crippen LogP contribution in [0.2, 0.25) is 0 Å². The molecule has 2 aliphatic rings. The first kappa shape index (κ1) is 19.4. The Balaban J connectivity index is 1.50. The van der Waals surface area contributed by atoms with E-state index in [1.165, 1.54) is 12.1 Å². The molecule has 4 rings (SSSR count). The van der Waals surface area contributed by atoms with Crippen molar-refractivity contribution in [3.63, 3.8) is 0 Å². The van der Waals surface area contributed by atoms with E-state index in [1.54, 1.807) is 35.5 Å². The van der Waals surface area contributed by atoms with Gasteiger partial charge in [0.15, 0.2) is 0 Å². The van der Waals surface area contributed by atoms with Crippen LogP contribution < -0.4 is 4.74 Å². The fourth-order valence-electron chi connectivity index (χ4n) is 4.07. The lowest BCUT2D eigenvalue weighted by Crippen LogP contribution is -2.47. The zero-order valence-corrected chi connectivity index (χ0v) is 16.2. The molecule has 0 saturated carbocycles. The van der Waals surface area contributed by atoms with Gasteiger partial charge in [-0.2, -0.15) is 0 Å². The maximum atomic E-state index is 13.5. The molecule has 6 nitrogen and oxygen atoms in total. The molecular formula is C22H24FN3O3. The molecule has 0 aliphatic carbocycles. The van der Waals surface area contributed by atoms with Gasteiger partial charge in [-0.15, -0.1) is 0 Å². The first-order valence-corrected chi connectivity index (χ1v) is 9.99. The second-order valence-electron chi connectivity index (χ2n) is 7.57. The van der Waals surface area contributed by atoms with Gasteiger partial charge < -0.3 is 14.5 Å². The van der Waals surface area contributed by atoms with Gasteiger partial charge in [-0.25, -0.2) is 4.39 Å². The Bertz CT molecular complexity index is 871. The number of pyridine rings is 1. The molecule has 2 aliphatic heterocycles. The highest BCUT2D eigenvalue weighted by Crippen LogP contribution is 2.26. The van der Waals surface area contributed by atoms with Gasteiger partial charge in [-0.05, 0) is 42.7 Å². The third-order valence-corrected chi connectivity index (χ3v) is 5.47. The number of rotatable bonds is 5. The molecule has 1 aromatic heterocycles. The van der Waals surface area contributed by atoms with Crippen LogP contribution in [0.5, 0.6) is 5.75 Å². The number of amides is 2. The van der Waals surface area contributed by atoms with Crippen LogP contribution >= 0.6 is 0 Å². The summed E-state index contributed by atoms with van der Waals surface area (Å²) in [7, 11) is 0. The predicted molar refractivity (Wildman–Crippen MR) is 105 cm³/mol. The van der Waals surface area contributed by atoms with Crippen LogP contribution in [0.3, 0.4) is 0 Å². The van der Waals surface area contributed by atoms with Gasteiger partial charge >= 0.3 is 0 Å². The van der Waals surface area contributed by atoms with E-state index in [1.807, 2.05) is 11.0 Å². The van der Waals surface area contributed by atoms with E-state index >= 15 is 0 Å². The smallest absolute Gasteiger partial charge is 0.245 e. The van der Waals surface area contributed by atoms with Crippen LogP contribution in [0, 0.1) is 5.82 Å². The molecule has 0 N–H and O–H groups in total. The normalized spacial score (nSPS) is 21.4. The standard InChI is InChI=1S/C22H24FN3O3/c23-17-6-3-5-16(11-17)12-21(27)26-15-19(29-18-7-4-8-24-14-18)13-20(26)22(28)25-9-1-2-10-25/h3-8,11,14,19-20H,1-2,9-10,12-13,15H2/t19-,20-/m0/s1. The fourth-order valence-corrected chi connectivity index (χ4v) is 4.07. The number of nitrogens with zero attached hydrogens (tertiary/aromatic N) is 3. The van der Waals surface area contributed by atoms with E-state index in [2.05, 4.69) is 4.98 Å². The van der Waals surface area contributed by atoms with Gasteiger partial charge in [-0.3, -0.25) is 14.6 Å². The van der Waals surface area contributed by atoms with Crippen LogP contribution in [0.4, 0.5) is 4.39 Å². The number of carbonyl (C=O) groups is 2. The van der Waals surface area contributed by atoms with Crippen molar-refractivity contribution in [1.29, 1.82) is 0 Å². The average molecular weight is 397 g/mol. The summed E-state index contributed by atoms with van der Waals surface area (Å²) in [6.45, 7) is 1.79. The van der Waals surface area contributed by atoms with E-state index < -0.39 is 6.04 Å². The highest BCUT2D eigenvalue weighted by molar-refractivity contribution is 5.89. The van der Waals surface area contributed by atoms with Crippen LogP contribution in [0.25, 0.3) is 0 Å². The summed E-state index contributed by atoms with van der Waals surface area (Å²) in [6, 6.07) is 9.05. The van der Waals surface area contributed by atoms with E-state index in [0.717, 1.165) is 25.9 Å². The van der Waals surface area contributed by atoms with Crippen molar-refractivity contribution in [3.05, 3.63) is 60.2 Å². The van der Waals surface area contributed by atoms with Crippen molar-refractivity contribution >= 4 is 11.8 Å². The monoisotopic (exact) mass is 397 g/mol. The first-order valence-electron chi connectivity index (χ1n) is 9.99. The minimum atomic E-state index is -0.546. The van der Waals surface area contributed by atoms with Crippen molar-refractivity contribution in [2.45, 2.75) is 37.8 Å². The van der Waals surface area contributed by atoms with Gasteiger partial charge in [0.1, 0.15) is 23.7 Å². The van der Waals surface area contributed by atoms with Gasteiger partial charge in [0.2, 0.25) is 11.8 Å². The van der Waals surface area contributed by atoms with Gasteiger partial charge in [-0.1, -0.05) is 12.1 Å². The largest absolute Gasteiger partial charge is 0.487 e. The zero-order valence-electron chi connectivity index (χ0n) is 16.2. The molecule has 1 aromatic carbocycles. The molecule has 29 heavy (non-hydrogen) atoms. The first-order chi connectivity index (χ1) is 14.1. The van der Waals surface area contributed by atoms with Crippen LogP contribution in [0.1, 0.15) is 24.8 Å². The van der Waals surface area contributed by atoms with Gasteiger partial charge in [0.25, 0.3) is 0 Å². The summed E-state index contributed by atoms with van der Waals surface area (Å²) >= 11 is 0. The van der Waals surface area contributed by atoms with Gasteiger partial charge in [0.05, 0.1) is 19.2 Å². The summed E-state index contributed by atoms with van der Waals surface area (Å²) in [5.41, 5.74) is 0.596. The molecule has 2 saturated heterocycles. The Hall–Kier alpha value is -2.96. The second kappa shape index (κ2) is 8.59. The van der Waals surface area contributed by atoms with Gasteiger partial charge in [0, 0.05) is 25.7 Å². The van der Waals surface area contributed by atoms with Crippen molar-refractivity contribution in [1.82, 2.24) is 14.8 Å². The fraction of sp³-hybridized carbons (Fsp3) is 0.409. The van der Waals surface area contributed by atoms with Crippen molar-refractivity contribution in [3.8, 4) is 5.75 Å². The van der Waals surface area contributed by atoms with E-state index in [9.17, 15) is 14.0 Å². The third kappa shape index (κ3) is 4.55. The molecule has 0 spiro atoms. The average Bonchev–Trinajstić information content (AvgIpc) is 3.39. The minimum absolute atomic E-state index is 0.0209. The molecule has 2 amide bonds. The lowest BCUT2D eigenvalue weighted by Gasteiger charge is -2.27.